The van der Waals surface area contributed by atoms with Crippen LogP contribution in [0.3, 0.4) is 0 Å². The van der Waals surface area contributed by atoms with Crippen LogP contribution in [-0.4, -0.2) is 27.3 Å². The summed E-state index contributed by atoms with van der Waals surface area (Å²) >= 11 is 6.65. The average Bonchev–Trinajstić information content (AvgIpc) is 2.65. The molecule has 1 N–H and O–H groups in total. The van der Waals surface area contributed by atoms with E-state index in [0.29, 0.717) is 10.1 Å². The number of hydrogen-bond acceptors (Lipinski definition) is 4. The highest BCUT2D eigenvalue weighted by molar-refractivity contribution is 8.24. The van der Waals surface area contributed by atoms with Crippen LogP contribution in [0.2, 0.25) is 0 Å². The van der Waals surface area contributed by atoms with Gasteiger partial charge in [0.2, 0.25) is 5.91 Å². The van der Waals surface area contributed by atoms with Crippen molar-refractivity contribution < 1.29 is 9.90 Å². The highest BCUT2D eigenvalue weighted by Crippen LogP contribution is 2.45. The van der Waals surface area contributed by atoms with E-state index in [1.807, 2.05) is 6.07 Å². The number of carbonyl (C=O) groups is 1. The van der Waals surface area contributed by atoms with Crippen LogP contribution in [-0.2, 0) is 4.79 Å². The Morgan fingerprint density at radius 1 is 1.19 bits per heavy atom. The molecule has 1 aliphatic heterocycles. The Bertz CT molecular complexity index is 596. The molecular weight excluding hydrogens is 302 g/mol. The molecule has 1 aromatic carbocycles. The van der Waals surface area contributed by atoms with Gasteiger partial charge in [0.1, 0.15) is 15.3 Å². The summed E-state index contributed by atoms with van der Waals surface area (Å²) in [6, 6.07) is 3.57. The SMILES string of the molecule is CC(C)c1c(O)ccc(C2SC(=S)N(C)C2=O)c1C(C)C. The molecule has 1 atom stereocenters. The first kappa shape index (κ1) is 16.3. The number of phenolic OH excluding ortho intramolecular Hbond substituents is 1. The Hall–Kier alpha value is -1.07. The summed E-state index contributed by atoms with van der Waals surface area (Å²) in [5.41, 5.74) is 3.00. The number of likely N-dealkylation sites (N-methyl/N-ethyl adjacent to an activating group) is 1. The van der Waals surface area contributed by atoms with Gasteiger partial charge in [-0.25, -0.2) is 0 Å². The smallest absolute Gasteiger partial charge is 0.245 e. The van der Waals surface area contributed by atoms with E-state index in [0.717, 1.165) is 16.7 Å². The Morgan fingerprint density at radius 3 is 2.19 bits per heavy atom. The predicted molar refractivity (Wildman–Crippen MR) is 92.0 cm³/mol. The maximum atomic E-state index is 12.4. The summed E-state index contributed by atoms with van der Waals surface area (Å²) in [4.78, 5) is 14.0. The van der Waals surface area contributed by atoms with Crippen LogP contribution in [0.1, 0.15) is 61.5 Å². The van der Waals surface area contributed by atoms with Gasteiger partial charge in [-0.1, -0.05) is 57.7 Å². The molecule has 5 heteroatoms. The topological polar surface area (TPSA) is 40.5 Å². The molecule has 0 aliphatic carbocycles. The van der Waals surface area contributed by atoms with Crippen molar-refractivity contribution in [1.82, 2.24) is 4.90 Å². The van der Waals surface area contributed by atoms with Gasteiger partial charge in [-0.05, 0) is 29.0 Å². The van der Waals surface area contributed by atoms with Crippen molar-refractivity contribution >= 4 is 34.2 Å². The van der Waals surface area contributed by atoms with Crippen LogP contribution >= 0.6 is 24.0 Å². The summed E-state index contributed by atoms with van der Waals surface area (Å²) in [5, 5.41) is 9.93. The third kappa shape index (κ3) is 2.81. The molecular formula is C16H21NO2S2. The van der Waals surface area contributed by atoms with Crippen LogP contribution < -0.4 is 0 Å². The van der Waals surface area contributed by atoms with E-state index in [2.05, 4.69) is 27.7 Å². The van der Waals surface area contributed by atoms with Gasteiger partial charge in [-0.2, -0.15) is 0 Å². The van der Waals surface area contributed by atoms with E-state index in [-0.39, 0.29) is 23.0 Å². The van der Waals surface area contributed by atoms with Gasteiger partial charge < -0.3 is 5.11 Å². The van der Waals surface area contributed by atoms with Crippen LogP contribution in [0, 0.1) is 0 Å². The van der Waals surface area contributed by atoms with Crippen molar-refractivity contribution in [1.29, 1.82) is 0 Å². The van der Waals surface area contributed by atoms with Crippen LogP contribution in [0.15, 0.2) is 12.1 Å². The molecule has 1 amide bonds. The third-order valence-electron chi connectivity index (χ3n) is 3.78. The molecule has 0 bridgehead atoms. The minimum atomic E-state index is -0.294. The first-order valence-corrected chi connectivity index (χ1v) is 8.38. The van der Waals surface area contributed by atoms with Gasteiger partial charge in [0.05, 0.1) is 0 Å². The van der Waals surface area contributed by atoms with Gasteiger partial charge >= 0.3 is 0 Å². The molecule has 1 aromatic rings. The maximum Gasteiger partial charge on any atom is 0.245 e. The summed E-state index contributed by atoms with van der Waals surface area (Å²) < 4.78 is 0.610. The Kier molecular flexibility index (Phi) is 4.63. The molecule has 0 saturated carbocycles. The molecule has 21 heavy (non-hydrogen) atoms. The number of amides is 1. The van der Waals surface area contributed by atoms with Crippen molar-refractivity contribution in [2.24, 2.45) is 0 Å². The zero-order chi connectivity index (χ0) is 15.9. The minimum Gasteiger partial charge on any atom is -0.508 e. The van der Waals surface area contributed by atoms with Crippen LogP contribution in [0.5, 0.6) is 5.75 Å². The first-order chi connectivity index (χ1) is 9.75. The van der Waals surface area contributed by atoms with Crippen LogP contribution in [0.4, 0.5) is 0 Å². The molecule has 1 aliphatic rings. The lowest BCUT2D eigenvalue weighted by atomic mass is 9.85. The quantitative estimate of drug-likeness (QED) is 0.848. The van der Waals surface area contributed by atoms with E-state index in [1.54, 1.807) is 13.1 Å². The second-order valence-corrected chi connectivity index (χ2v) is 7.71. The van der Waals surface area contributed by atoms with Crippen molar-refractivity contribution in [2.45, 2.75) is 44.8 Å². The molecule has 1 fully saturated rings. The zero-order valence-corrected chi connectivity index (χ0v) is 14.6. The number of hydrogen-bond donors (Lipinski definition) is 1. The lowest BCUT2D eigenvalue weighted by Gasteiger charge is -2.23. The summed E-state index contributed by atoms with van der Waals surface area (Å²) in [7, 11) is 1.72. The molecule has 0 radical (unpaired) electrons. The molecule has 3 nitrogen and oxygen atoms in total. The fraction of sp³-hybridized carbons (Fsp3) is 0.500. The number of nitrogens with zero attached hydrogens (tertiary/aromatic N) is 1. The van der Waals surface area contributed by atoms with Gasteiger partial charge in [-0.3, -0.25) is 9.69 Å². The van der Waals surface area contributed by atoms with E-state index in [9.17, 15) is 9.90 Å². The number of aromatic hydroxyl groups is 1. The predicted octanol–water partition coefficient (Wildman–Crippen LogP) is 4.17. The second-order valence-electron chi connectivity index (χ2n) is 5.97. The zero-order valence-electron chi connectivity index (χ0n) is 13.0. The van der Waals surface area contributed by atoms with Gasteiger partial charge in [0.15, 0.2) is 0 Å². The normalized spacial score (nSPS) is 19.2. The summed E-state index contributed by atoms with van der Waals surface area (Å²) in [5.74, 6) is 0.766. The number of benzene rings is 1. The largest absolute Gasteiger partial charge is 0.508 e. The van der Waals surface area contributed by atoms with E-state index in [1.165, 1.54) is 16.7 Å². The maximum absolute atomic E-state index is 12.4. The fourth-order valence-electron chi connectivity index (χ4n) is 2.81. The van der Waals surface area contributed by atoms with E-state index < -0.39 is 0 Å². The first-order valence-electron chi connectivity index (χ1n) is 7.09. The Balaban J connectivity index is 2.62. The molecule has 1 unspecified atom stereocenters. The molecule has 1 heterocycles. The molecule has 0 spiro atoms. The minimum absolute atomic E-state index is 0.0206. The number of thiocarbonyl (C=S) groups is 1. The summed E-state index contributed by atoms with van der Waals surface area (Å²) in [6.45, 7) is 8.31. The lowest BCUT2D eigenvalue weighted by Crippen LogP contribution is -2.24. The second kappa shape index (κ2) is 5.97. The van der Waals surface area contributed by atoms with Crippen molar-refractivity contribution in [3.63, 3.8) is 0 Å². The average molecular weight is 323 g/mol. The molecule has 114 valence electrons. The fourth-order valence-corrected chi connectivity index (χ4v) is 4.23. The van der Waals surface area contributed by atoms with E-state index >= 15 is 0 Å². The van der Waals surface area contributed by atoms with Crippen LogP contribution in [0.25, 0.3) is 0 Å². The summed E-state index contributed by atoms with van der Waals surface area (Å²) in [6.07, 6.45) is 0. The van der Waals surface area contributed by atoms with Crippen molar-refractivity contribution in [3.8, 4) is 5.75 Å². The standard InChI is InChI=1S/C16H21NO2S2/c1-8(2)12-10(6-7-11(18)13(12)9(3)4)14-15(19)17(5)16(20)21-14/h6-9,14,18H,1-5H3. The number of thioether (sulfide) groups is 1. The van der Waals surface area contributed by atoms with Crippen molar-refractivity contribution in [3.05, 3.63) is 28.8 Å². The molecule has 1 saturated heterocycles. The van der Waals surface area contributed by atoms with Gasteiger partial charge in [-0.15, -0.1) is 0 Å². The molecule has 2 rings (SSSR count). The molecule has 0 aromatic heterocycles. The highest BCUT2D eigenvalue weighted by Gasteiger charge is 2.38. The lowest BCUT2D eigenvalue weighted by molar-refractivity contribution is -0.125. The highest BCUT2D eigenvalue weighted by atomic mass is 32.2. The van der Waals surface area contributed by atoms with Crippen molar-refractivity contribution in [2.75, 3.05) is 7.05 Å². The Morgan fingerprint density at radius 2 is 1.76 bits per heavy atom. The monoisotopic (exact) mass is 323 g/mol. The number of rotatable bonds is 3. The number of phenols is 1. The van der Waals surface area contributed by atoms with Gasteiger partial charge in [0.25, 0.3) is 0 Å². The third-order valence-corrected chi connectivity index (χ3v) is 5.51. The van der Waals surface area contributed by atoms with E-state index in [4.69, 9.17) is 12.2 Å². The Labute approximate surface area is 135 Å². The van der Waals surface area contributed by atoms with Gasteiger partial charge in [0, 0.05) is 12.6 Å². The number of carbonyl (C=O) groups excluding carboxylic acids is 1.